The topological polar surface area (TPSA) is 82.0 Å². The predicted molar refractivity (Wildman–Crippen MR) is 80.3 cm³/mol. The molecule has 0 aliphatic rings. The first kappa shape index (κ1) is 17.1. The summed E-state index contributed by atoms with van der Waals surface area (Å²) in [6, 6.07) is 4.81. The number of phenolic OH excluding ortho intramolecular Hbond substituents is 2. The third kappa shape index (κ3) is 5.91. The van der Waals surface area contributed by atoms with Crippen LogP contribution in [0.4, 0.5) is 4.79 Å². The average molecular weight is 296 g/mol. The van der Waals surface area contributed by atoms with Crippen LogP contribution in [0.15, 0.2) is 18.2 Å². The maximum atomic E-state index is 11.7. The van der Waals surface area contributed by atoms with Crippen LogP contribution in [-0.2, 0) is 11.3 Å². The standard InChI is InChI=1S/C15H24N2O4/c1-15(2,3)21-14(20)17(4)9-8-16-10-11-6-5-7-12(18)13(11)19/h5-7,16,18-19H,8-10H2,1-4H3. The van der Waals surface area contributed by atoms with Crippen LogP contribution >= 0.6 is 0 Å². The molecule has 6 heteroatoms. The fourth-order valence-corrected chi connectivity index (χ4v) is 1.62. The summed E-state index contributed by atoms with van der Waals surface area (Å²) in [6.07, 6.45) is -0.371. The highest BCUT2D eigenvalue weighted by Gasteiger charge is 2.19. The van der Waals surface area contributed by atoms with Gasteiger partial charge in [0.1, 0.15) is 5.60 Å². The van der Waals surface area contributed by atoms with Gasteiger partial charge >= 0.3 is 6.09 Å². The number of nitrogens with one attached hydrogen (secondary N) is 1. The molecule has 0 atom stereocenters. The van der Waals surface area contributed by atoms with Gasteiger partial charge in [-0.25, -0.2) is 4.79 Å². The Bertz CT molecular complexity index is 483. The first-order chi connectivity index (χ1) is 9.70. The molecule has 1 aromatic carbocycles. The van der Waals surface area contributed by atoms with E-state index in [0.717, 1.165) is 0 Å². The third-order valence-corrected chi connectivity index (χ3v) is 2.74. The Morgan fingerprint density at radius 1 is 1.33 bits per heavy atom. The summed E-state index contributed by atoms with van der Waals surface area (Å²) in [6.45, 7) is 6.90. The van der Waals surface area contributed by atoms with E-state index in [-0.39, 0.29) is 17.6 Å². The number of rotatable bonds is 5. The largest absolute Gasteiger partial charge is 0.504 e. The maximum Gasteiger partial charge on any atom is 0.410 e. The molecule has 6 nitrogen and oxygen atoms in total. The van der Waals surface area contributed by atoms with E-state index < -0.39 is 5.60 Å². The fourth-order valence-electron chi connectivity index (χ4n) is 1.62. The second-order valence-electron chi connectivity index (χ2n) is 5.86. The highest BCUT2D eigenvalue weighted by molar-refractivity contribution is 5.67. The maximum absolute atomic E-state index is 11.7. The molecule has 0 unspecified atom stereocenters. The summed E-state index contributed by atoms with van der Waals surface area (Å²) in [4.78, 5) is 13.2. The van der Waals surface area contributed by atoms with Crippen molar-refractivity contribution < 1.29 is 19.7 Å². The normalized spacial score (nSPS) is 11.2. The second kappa shape index (κ2) is 7.17. The minimum atomic E-state index is -0.508. The molecule has 1 amide bonds. The number of likely N-dealkylation sites (N-methyl/N-ethyl adjacent to an activating group) is 1. The van der Waals surface area contributed by atoms with Crippen LogP contribution in [0.25, 0.3) is 0 Å². The summed E-state index contributed by atoms with van der Waals surface area (Å²) in [5.74, 6) is -0.259. The van der Waals surface area contributed by atoms with Crippen molar-refractivity contribution in [2.75, 3.05) is 20.1 Å². The molecule has 21 heavy (non-hydrogen) atoms. The molecule has 1 rings (SSSR count). The molecule has 0 saturated heterocycles. The van der Waals surface area contributed by atoms with E-state index in [1.165, 1.54) is 11.0 Å². The monoisotopic (exact) mass is 296 g/mol. The van der Waals surface area contributed by atoms with Gasteiger partial charge < -0.3 is 25.2 Å². The Balaban J connectivity index is 2.34. The van der Waals surface area contributed by atoms with Crippen molar-refractivity contribution in [3.8, 4) is 11.5 Å². The van der Waals surface area contributed by atoms with Crippen molar-refractivity contribution in [1.82, 2.24) is 10.2 Å². The highest BCUT2D eigenvalue weighted by atomic mass is 16.6. The lowest BCUT2D eigenvalue weighted by Crippen LogP contribution is -2.37. The Morgan fingerprint density at radius 3 is 2.62 bits per heavy atom. The second-order valence-corrected chi connectivity index (χ2v) is 5.86. The van der Waals surface area contributed by atoms with Gasteiger partial charge in [0, 0.05) is 32.2 Å². The number of aromatic hydroxyl groups is 2. The number of carbonyl (C=O) groups excluding carboxylic acids is 1. The highest BCUT2D eigenvalue weighted by Crippen LogP contribution is 2.27. The molecule has 0 aliphatic heterocycles. The number of para-hydroxylation sites is 1. The number of ether oxygens (including phenoxy) is 1. The number of nitrogens with zero attached hydrogens (tertiary/aromatic N) is 1. The molecule has 0 aromatic heterocycles. The number of carbonyl (C=O) groups is 1. The minimum absolute atomic E-state index is 0.120. The summed E-state index contributed by atoms with van der Waals surface area (Å²) < 4.78 is 5.24. The van der Waals surface area contributed by atoms with E-state index in [1.54, 1.807) is 19.2 Å². The number of benzene rings is 1. The molecule has 3 N–H and O–H groups in total. The van der Waals surface area contributed by atoms with Crippen molar-refractivity contribution in [3.05, 3.63) is 23.8 Å². The van der Waals surface area contributed by atoms with Gasteiger partial charge in [0.25, 0.3) is 0 Å². The van der Waals surface area contributed by atoms with Crippen molar-refractivity contribution in [3.63, 3.8) is 0 Å². The summed E-state index contributed by atoms with van der Waals surface area (Å²) in [5.41, 5.74) is 0.0986. The molecule has 0 spiro atoms. The molecular weight excluding hydrogens is 272 g/mol. The molecular formula is C15H24N2O4. The lowest BCUT2D eigenvalue weighted by Gasteiger charge is -2.24. The molecule has 0 fully saturated rings. The molecule has 0 heterocycles. The van der Waals surface area contributed by atoms with Gasteiger partial charge in [-0.15, -0.1) is 0 Å². The first-order valence-electron chi connectivity index (χ1n) is 6.85. The van der Waals surface area contributed by atoms with Gasteiger partial charge in [0.2, 0.25) is 0 Å². The number of hydrogen-bond donors (Lipinski definition) is 3. The Kier molecular flexibility index (Phi) is 5.84. The summed E-state index contributed by atoms with van der Waals surface area (Å²) in [7, 11) is 1.67. The average Bonchev–Trinajstić information content (AvgIpc) is 2.37. The van der Waals surface area contributed by atoms with Crippen LogP contribution in [0.3, 0.4) is 0 Å². The fraction of sp³-hybridized carbons (Fsp3) is 0.533. The zero-order chi connectivity index (χ0) is 16.0. The van der Waals surface area contributed by atoms with E-state index in [2.05, 4.69) is 5.32 Å². The first-order valence-corrected chi connectivity index (χ1v) is 6.85. The van der Waals surface area contributed by atoms with Crippen molar-refractivity contribution >= 4 is 6.09 Å². The van der Waals surface area contributed by atoms with E-state index in [4.69, 9.17) is 4.74 Å². The smallest absolute Gasteiger partial charge is 0.410 e. The Hall–Kier alpha value is -1.95. The van der Waals surface area contributed by atoms with Gasteiger partial charge in [0.05, 0.1) is 0 Å². The quantitative estimate of drug-likeness (QED) is 0.572. The van der Waals surface area contributed by atoms with Crippen LogP contribution in [0.5, 0.6) is 11.5 Å². The number of phenols is 2. The van der Waals surface area contributed by atoms with Crippen LogP contribution in [0.1, 0.15) is 26.3 Å². The molecule has 1 aromatic rings. The van der Waals surface area contributed by atoms with Gasteiger partial charge in [-0.2, -0.15) is 0 Å². The Labute approximate surface area is 125 Å². The van der Waals surface area contributed by atoms with Gasteiger partial charge in [-0.05, 0) is 26.8 Å². The Morgan fingerprint density at radius 2 is 2.00 bits per heavy atom. The van der Waals surface area contributed by atoms with Crippen molar-refractivity contribution in [2.45, 2.75) is 32.9 Å². The van der Waals surface area contributed by atoms with Crippen molar-refractivity contribution in [1.29, 1.82) is 0 Å². The molecule has 0 radical (unpaired) electrons. The number of amides is 1. The minimum Gasteiger partial charge on any atom is -0.504 e. The van der Waals surface area contributed by atoms with E-state index >= 15 is 0 Å². The van der Waals surface area contributed by atoms with E-state index in [0.29, 0.717) is 25.2 Å². The summed E-state index contributed by atoms with van der Waals surface area (Å²) in [5, 5.41) is 22.1. The lowest BCUT2D eigenvalue weighted by atomic mass is 10.2. The van der Waals surface area contributed by atoms with E-state index in [1.807, 2.05) is 20.8 Å². The molecule has 0 aliphatic carbocycles. The zero-order valence-electron chi connectivity index (χ0n) is 13.0. The van der Waals surface area contributed by atoms with Crippen LogP contribution in [0, 0.1) is 0 Å². The van der Waals surface area contributed by atoms with Gasteiger partial charge in [0.15, 0.2) is 11.5 Å². The lowest BCUT2D eigenvalue weighted by molar-refractivity contribution is 0.0300. The SMILES string of the molecule is CN(CCNCc1cccc(O)c1O)C(=O)OC(C)(C)C. The van der Waals surface area contributed by atoms with Crippen LogP contribution in [0.2, 0.25) is 0 Å². The van der Waals surface area contributed by atoms with E-state index in [9.17, 15) is 15.0 Å². The van der Waals surface area contributed by atoms with Gasteiger partial charge in [-0.3, -0.25) is 0 Å². The molecule has 0 bridgehead atoms. The number of hydrogen-bond acceptors (Lipinski definition) is 5. The molecule has 118 valence electrons. The summed E-state index contributed by atoms with van der Waals surface area (Å²) >= 11 is 0. The predicted octanol–water partition coefficient (Wildman–Crippen LogP) is 2.05. The zero-order valence-corrected chi connectivity index (χ0v) is 13.0. The van der Waals surface area contributed by atoms with Gasteiger partial charge in [-0.1, -0.05) is 12.1 Å². The third-order valence-electron chi connectivity index (χ3n) is 2.74. The van der Waals surface area contributed by atoms with Crippen LogP contribution < -0.4 is 5.32 Å². The van der Waals surface area contributed by atoms with Crippen LogP contribution in [-0.4, -0.2) is 46.9 Å². The molecule has 0 saturated carbocycles. The van der Waals surface area contributed by atoms with Crippen molar-refractivity contribution in [2.24, 2.45) is 0 Å².